The minimum Gasteiger partial charge on any atom is -0.391 e. The minimum atomic E-state index is -2.90. The number of ether oxygens (including phenoxy) is 1. The molecule has 4 N–H and O–H groups in total. The maximum absolute atomic E-state index is 14.3. The number of benzene rings is 1. The highest BCUT2D eigenvalue weighted by atomic mass is 19.3. The first-order valence-corrected chi connectivity index (χ1v) is 21.7. The van der Waals surface area contributed by atoms with Crippen molar-refractivity contribution >= 4 is 46.7 Å². The second-order valence-corrected chi connectivity index (χ2v) is 17.2. The van der Waals surface area contributed by atoms with Crippen molar-refractivity contribution < 1.29 is 42.6 Å². The molecule has 0 radical (unpaired) electrons. The number of aliphatic hydroxyl groups excluding tert-OH is 1. The van der Waals surface area contributed by atoms with Crippen molar-refractivity contribution in [2.75, 3.05) is 30.3 Å². The van der Waals surface area contributed by atoms with E-state index < -0.39 is 53.8 Å². The van der Waals surface area contributed by atoms with E-state index in [9.17, 15) is 37.9 Å². The molecule has 2 saturated carbocycles. The predicted molar refractivity (Wildman–Crippen MR) is 218 cm³/mol. The molecule has 3 aliphatic heterocycles. The van der Waals surface area contributed by atoms with Crippen LogP contribution in [0.3, 0.4) is 0 Å². The fourth-order valence-electron chi connectivity index (χ4n) is 9.75. The molecular formula is C43H50F2N10O7. The first kappa shape index (κ1) is 41.7. The van der Waals surface area contributed by atoms with Crippen LogP contribution in [-0.4, -0.2) is 113 Å². The molecule has 0 spiro atoms. The Hall–Kier alpha value is -5.66. The second kappa shape index (κ2) is 17.6. The fourth-order valence-corrected chi connectivity index (χ4v) is 9.75. The van der Waals surface area contributed by atoms with Crippen LogP contribution in [0.25, 0.3) is 5.65 Å². The lowest BCUT2D eigenvalue weighted by Gasteiger charge is -2.36. The zero-order valence-electron chi connectivity index (χ0n) is 34.2. The van der Waals surface area contributed by atoms with Gasteiger partial charge in [-0.2, -0.15) is 10.2 Å². The van der Waals surface area contributed by atoms with Gasteiger partial charge in [0.15, 0.2) is 11.3 Å². The zero-order valence-corrected chi connectivity index (χ0v) is 34.2. The number of amides is 5. The number of imide groups is 2. The SMILES string of the molecule is O=C1CCC(N2C(=O)c3cccc(COC4CCN(C[C@H]5CC[C@H](n6cc(NC(=O)c7cnn8ccc(N[C@@H]9CCCC[C@@H]9O)nc78)c(C(F)F)n6)CC5)CC4)c3C2=O)C(=O)N1. The summed E-state index contributed by atoms with van der Waals surface area (Å²) in [6.45, 7) is 2.73. The van der Waals surface area contributed by atoms with Crippen LogP contribution in [0.2, 0.25) is 0 Å². The van der Waals surface area contributed by atoms with E-state index in [0.29, 0.717) is 23.7 Å². The summed E-state index contributed by atoms with van der Waals surface area (Å²) >= 11 is 0. The molecule has 1 unspecified atom stereocenters. The lowest BCUT2D eigenvalue weighted by molar-refractivity contribution is -0.136. The van der Waals surface area contributed by atoms with Gasteiger partial charge in [0, 0.05) is 38.4 Å². The molecule has 1 aromatic carbocycles. The van der Waals surface area contributed by atoms with Gasteiger partial charge in [0.1, 0.15) is 17.4 Å². The van der Waals surface area contributed by atoms with E-state index in [0.717, 1.165) is 82.3 Å². The third kappa shape index (κ3) is 8.44. The Kier molecular flexibility index (Phi) is 11.8. The summed E-state index contributed by atoms with van der Waals surface area (Å²) in [5.74, 6) is -1.87. The topological polar surface area (TPSA) is 205 Å². The highest BCUT2D eigenvalue weighted by Crippen LogP contribution is 2.36. The number of carbonyl (C=O) groups is 5. The van der Waals surface area contributed by atoms with Crippen LogP contribution in [0.4, 0.5) is 20.3 Å². The Morgan fingerprint density at radius 3 is 2.52 bits per heavy atom. The number of carbonyl (C=O) groups excluding carboxylic acids is 5. The van der Waals surface area contributed by atoms with Crippen LogP contribution >= 0.6 is 0 Å². The molecule has 5 amide bonds. The van der Waals surface area contributed by atoms with Gasteiger partial charge in [-0.25, -0.2) is 18.3 Å². The van der Waals surface area contributed by atoms with Gasteiger partial charge in [-0.15, -0.1) is 0 Å². The predicted octanol–water partition coefficient (Wildman–Crippen LogP) is 4.64. The molecule has 4 aromatic rings. The Morgan fingerprint density at radius 2 is 1.76 bits per heavy atom. The Bertz CT molecular complexity index is 2370. The lowest BCUT2D eigenvalue weighted by atomic mass is 9.85. The first-order valence-electron chi connectivity index (χ1n) is 21.7. The van der Waals surface area contributed by atoms with E-state index in [1.807, 2.05) is 0 Å². The molecular weight excluding hydrogens is 807 g/mol. The number of anilines is 2. The summed E-state index contributed by atoms with van der Waals surface area (Å²) in [7, 11) is 0. The number of halogens is 2. The van der Waals surface area contributed by atoms with Crippen molar-refractivity contribution in [2.24, 2.45) is 5.92 Å². The molecule has 328 valence electrons. The molecule has 2 saturated heterocycles. The van der Waals surface area contributed by atoms with E-state index in [-0.39, 0.29) is 65.7 Å². The van der Waals surface area contributed by atoms with Gasteiger partial charge in [0.05, 0.1) is 53.9 Å². The molecule has 62 heavy (non-hydrogen) atoms. The molecule has 0 bridgehead atoms. The quantitative estimate of drug-likeness (QED) is 0.144. The van der Waals surface area contributed by atoms with Crippen molar-refractivity contribution in [3.05, 3.63) is 70.8 Å². The number of hydrogen-bond donors (Lipinski definition) is 4. The van der Waals surface area contributed by atoms with E-state index in [1.54, 1.807) is 35.1 Å². The number of hydrogen-bond acceptors (Lipinski definition) is 12. The summed E-state index contributed by atoms with van der Waals surface area (Å²) < 4.78 is 37.9. The summed E-state index contributed by atoms with van der Waals surface area (Å²) in [4.78, 5) is 72.3. The van der Waals surface area contributed by atoms with Gasteiger partial charge in [0.2, 0.25) is 11.8 Å². The molecule has 9 rings (SSSR count). The van der Waals surface area contributed by atoms with Gasteiger partial charge in [0.25, 0.3) is 24.1 Å². The molecule has 3 atom stereocenters. The minimum absolute atomic E-state index is 0.0327. The molecule has 19 heteroatoms. The Labute approximate surface area is 355 Å². The van der Waals surface area contributed by atoms with Crippen LogP contribution in [0.1, 0.15) is 132 Å². The summed E-state index contributed by atoms with van der Waals surface area (Å²) in [5.41, 5.74) is 0.901. The van der Waals surface area contributed by atoms with Gasteiger partial charge in [-0.3, -0.25) is 38.9 Å². The summed E-state index contributed by atoms with van der Waals surface area (Å²) in [6, 6.07) is 5.48. The number of aliphatic hydroxyl groups is 1. The third-order valence-corrected chi connectivity index (χ3v) is 13.2. The maximum Gasteiger partial charge on any atom is 0.284 e. The number of alkyl halides is 2. The number of fused-ring (bicyclic) bond motifs is 2. The molecule has 4 fully saturated rings. The average Bonchev–Trinajstić information content (AvgIpc) is 3.96. The van der Waals surface area contributed by atoms with Crippen molar-refractivity contribution in [2.45, 2.75) is 120 Å². The largest absolute Gasteiger partial charge is 0.391 e. The van der Waals surface area contributed by atoms with Crippen LogP contribution in [-0.2, 0) is 20.9 Å². The van der Waals surface area contributed by atoms with E-state index in [4.69, 9.17) is 4.74 Å². The van der Waals surface area contributed by atoms with Crippen molar-refractivity contribution in [3.63, 3.8) is 0 Å². The van der Waals surface area contributed by atoms with Gasteiger partial charge >= 0.3 is 0 Å². The van der Waals surface area contributed by atoms with Crippen molar-refractivity contribution in [1.82, 2.24) is 39.5 Å². The van der Waals surface area contributed by atoms with Crippen molar-refractivity contribution in [1.29, 1.82) is 0 Å². The van der Waals surface area contributed by atoms with Crippen LogP contribution in [0.5, 0.6) is 0 Å². The molecule has 6 heterocycles. The molecule has 3 aromatic heterocycles. The number of rotatable bonds is 12. The Balaban J connectivity index is 0.752. The maximum atomic E-state index is 14.3. The zero-order chi connectivity index (χ0) is 43.1. The van der Waals surface area contributed by atoms with E-state index in [2.05, 4.69) is 36.0 Å². The Morgan fingerprint density at radius 1 is 0.968 bits per heavy atom. The van der Waals surface area contributed by atoms with E-state index in [1.165, 1.54) is 16.9 Å². The number of nitrogens with zero attached hydrogens (tertiary/aromatic N) is 7. The number of piperidine rings is 2. The van der Waals surface area contributed by atoms with Crippen molar-refractivity contribution in [3.8, 4) is 0 Å². The van der Waals surface area contributed by atoms with Gasteiger partial charge < -0.3 is 25.4 Å². The fraction of sp³-hybridized carbons (Fsp3) is 0.535. The molecule has 2 aliphatic carbocycles. The molecule has 5 aliphatic rings. The van der Waals surface area contributed by atoms with Gasteiger partial charge in [-0.1, -0.05) is 25.0 Å². The van der Waals surface area contributed by atoms with Crippen LogP contribution < -0.4 is 16.0 Å². The monoisotopic (exact) mass is 856 g/mol. The van der Waals surface area contributed by atoms with Crippen LogP contribution in [0, 0.1) is 5.92 Å². The second-order valence-electron chi connectivity index (χ2n) is 17.2. The van der Waals surface area contributed by atoms with E-state index >= 15 is 0 Å². The molecule has 17 nitrogen and oxygen atoms in total. The van der Waals surface area contributed by atoms with Crippen LogP contribution in [0.15, 0.2) is 42.9 Å². The first-order chi connectivity index (χ1) is 30.0. The van der Waals surface area contributed by atoms with Gasteiger partial charge in [-0.05, 0) is 81.4 Å². The normalized spacial score (nSPS) is 25.1. The lowest BCUT2D eigenvalue weighted by Crippen LogP contribution is -2.54. The number of nitrogens with one attached hydrogen (secondary N) is 3. The summed E-state index contributed by atoms with van der Waals surface area (Å²) in [6.07, 6.45) is 9.60. The standard InChI is InChI=1S/C43H50F2N10O7/c44-38(45)37-31(48-40(58)29-20-46-53-19-16-34(49-39(29)53)47-30-6-1-2-7-33(30)56)22-54(51-37)26-10-8-24(9-11-26)21-52-17-14-27(15-18-52)62-23-25-4-3-5-28-36(25)43(61)55(42(28)60)32-12-13-35(57)50-41(32)59/h3-5,16,19-20,22,24,26-27,30,32-33,38,56H,1-2,6-15,17-18,21,23H2,(H,47,49)(H,48,58)(H,50,57,59)/t24-,26-,30-,32?,33+/m1/s1. The number of likely N-dealkylation sites (tertiary alicyclic amines) is 1. The smallest absolute Gasteiger partial charge is 0.284 e. The number of aromatic nitrogens is 5. The average molecular weight is 857 g/mol. The summed E-state index contributed by atoms with van der Waals surface area (Å²) in [5, 5.41) is 27.0. The highest BCUT2D eigenvalue weighted by molar-refractivity contribution is 6.24. The third-order valence-electron chi connectivity index (χ3n) is 13.2. The highest BCUT2D eigenvalue weighted by Gasteiger charge is 2.45.